The quantitative estimate of drug-likeness (QED) is 0.237. The summed E-state index contributed by atoms with van der Waals surface area (Å²) < 4.78 is 15.5. The summed E-state index contributed by atoms with van der Waals surface area (Å²) in [6, 6.07) is 6.18. The van der Waals surface area contributed by atoms with Crippen molar-refractivity contribution in [3.05, 3.63) is 46.2 Å². The van der Waals surface area contributed by atoms with Crippen molar-refractivity contribution >= 4 is 75.3 Å². The van der Waals surface area contributed by atoms with E-state index in [0.717, 1.165) is 0 Å². The molecule has 11 heteroatoms. The van der Waals surface area contributed by atoms with Gasteiger partial charge in [-0.25, -0.2) is 14.9 Å². The molecule has 3 rings (SSSR count). The number of hydrogen-bond donors (Lipinski definition) is 3. The largest absolute Gasteiger partial charge is 0.394 e. The Morgan fingerprint density at radius 3 is 2.82 bits per heavy atom. The van der Waals surface area contributed by atoms with Gasteiger partial charge in [0.1, 0.15) is 13.4 Å². The highest BCUT2D eigenvalue weighted by atomic mass is 35.5. The molecule has 0 atom stereocenters. The number of fused-ring (bicyclic) bond motifs is 1. The molecule has 0 aliphatic carbocycles. The summed E-state index contributed by atoms with van der Waals surface area (Å²) in [5.74, 6) is -1.37. The van der Waals surface area contributed by atoms with Crippen LogP contribution < -0.4 is 16.3 Å². The highest BCUT2D eigenvalue weighted by molar-refractivity contribution is 7.16. The Labute approximate surface area is 176 Å². The van der Waals surface area contributed by atoms with Crippen LogP contribution in [0.5, 0.6) is 0 Å². The standard InChI is InChI=1S/C16H12BClFN3O3S.CH3Cl/c17-8-1-2-11(10(18)5-8)21-14-9(16(24)22-25-4-3-23)6-12-15(13(14)19)20-7-26-12;1-2/h1-2,5-7,21,23H,3-4H2,(H,22,24);1H3. The number of thiazole rings is 1. The van der Waals surface area contributed by atoms with E-state index in [9.17, 15) is 9.18 Å². The normalized spacial score (nSPS) is 10.3. The van der Waals surface area contributed by atoms with Crippen molar-refractivity contribution in [1.82, 2.24) is 10.5 Å². The summed E-state index contributed by atoms with van der Waals surface area (Å²) in [7, 11) is 5.66. The minimum Gasteiger partial charge on any atom is -0.394 e. The lowest BCUT2D eigenvalue weighted by Gasteiger charge is -2.15. The molecule has 0 fully saturated rings. The number of halogens is 3. The molecule has 1 aromatic heterocycles. The predicted molar refractivity (Wildman–Crippen MR) is 112 cm³/mol. The van der Waals surface area contributed by atoms with E-state index in [4.69, 9.17) is 29.4 Å². The zero-order valence-corrected chi connectivity index (χ0v) is 17.0. The maximum absolute atomic E-state index is 15.0. The molecule has 2 aromatic carbocycles. The Morgan fingerprint density at radius 1 is 1.39 bits per heavy atom. The second-order valence-corrected chi connectivity index (χ2v) is 6.47. The lowest BCUT2D eigenvalue weighted by molar-refractivity contribution is 0.0169. The van der Waals surface area contributed by atoms with Crippen molar-refractivity contribution in [3.63, 3.8) is 0 Å². The van der Waals surface area contributed by atoms with Crippen LogP contribution >= 0.6 is 34.5 Å². The van der Waals surface area contributed by atoms with E-state index in [-0.39, 0.29) is 35.0 Å². The Bertz CT molecular complexity index is 974. The molecule has 3 aromatic rings. The van der Waals surface area contributed by atoms with Gasteiger partial charge < -0.3 is 10.4 Å². The smallest absolute Gasteiger partial charge is 0.277 e. The molecular formula is C17H15BCl2FN3O3S. The van der Waals surface area contributed by atoms with Gasteiger partial charge in [-0.15, -0.1) is 22.9 Å². The number of benzene rings is 2. The molecule has 28 heavy (non-hydrogen) atoms. The van der Waals surface area contributed by atoms with Crippen LogP contribution in [0.4, 0.5) is 15.8 Å². The van der Waals surface area contributed by atoms with E-state index >= 15 is 0 Å². The van der Waals surface area contributed by atoms with Gasteiger partial charge in [0.15, 0.2) is 5.82 Å². The minimum atomic E-state index is -0.691. The molecule has 2 radical (unpaired) electrons. The van der Waals surface area contributed by atoms with Crippen molar-refractivity contribution in [1.29, 1.82) is 0 Å². The summed E-state index contributed by atoms with van der Waals surface area (Å²) in [6.45, 7) is -0.363. The van der Waals surface area contributed by atoms with Gasteiger partial charge in [0.25, 0.3) is 5.91 Å². The molecule has 0 aliphatic heterocycles. The highest BCUT2D eigenvalue weighted by Crippen LogP contribution is 2.34. The van der Waals surface area contributed by atoms with Gasteiger partial charge in [0.2, 0.25) is 0 Å². The van der Waals surface area contributed by atoms with Crippen molar-refractivity contribution in [2.45, 2.75) is 0 Å². The van der Waals surface area contributed by atoms with Gasteiger partial charge in [-0.1, -0.05) is 23.1 Å². The SMILES string of the molecule is CCl.[B]c1ccc(Nc2c(C(=O)NOCCO)cc3scnc3c2F)c(Cl)c1. The van der Waals surface area contributed by atoms with E-state index in [1.807, 2.05) is 0 Å². The molecule has 1 amide bonds. The third kappa shape index (κ3) is 5.12. The fourth-order valence-corrected chi connectivity index (χ4v) is 3.20. The second-order valence-electron chi connectivity index (χ2n) is 5.18. The number of aliphatic hydroxyl groups is 1. The van der Waals surface area contributed by atoms with Gasteiger partial charge in [0, 0.05) is 6.38 Å². The van der Waals surface area contributed by atoms with Crippen LogP contribution in [0.25, 0.3) is 10.2 Å². The molecule has 0 aliphatic rings. The number of anilines is 2. The molecule has 146 valence electrons. The molecule has 3 N–H and O–H groups in total. The topological polar surface area (TPSA) is 83.5 Å². The number of aliphatic hydroxyl groups excluding tert-OH is 1. The lowest BCUT2D eigenvalue weighted by Crippen LogP contribution is -2.26. The molecule has 0 saturated heterocycles. The van der Waals surface area contributed by atoms with Gasteiger partial charge in [-0.3, -0.25) is 9.63 Å². The number of hydrogen-bond acceptors (Lipinski definition) is 6. The van der Waals surface area contributed by atoms with Crippen LogP contribution in [-0.4, -0.2) is 43.4 Å². The van der Waals surface area contributed by atoms with E-state index in [2.05, 4.69) is 27.4 Å². The minimum absolute atomic E-state index is 0.00471. The zero-order chi connectivity index (χ0) is 20.7. The van der Waals surface area contributed by atoms with E-state index < -0.39 is 11.7 Å². The summed E-state index contributed by atoms with van der Waals surface area (Å²) in [6.07, 6.45) is 1.47. The molecule has 1 heterocycles. The monoisotopic (exact) mass is 441 g/mol. The second kappa shape index (κ2) is 10.6. The van der Waals surface area contributed by atoms with Crippen LogP contribution in [0, 0.1) is 5.82 Å². The van der Waals surface area contributed by atoms with Crippen LogP contribution in [0.3, 0.4) is 0 Å². The molecular weight excluding hydrogens is 427 g/mol. The van der Waals surface area contributed by atoms with Crippen LogP contribution in [0.2, 0.25) is 5.02 Å². The van der Waals surface area contributed by atoms with Crippen molar-refractivity contribution in [3.8, 4) is 0 Å². The fourth-order valence-electron chi connectivity index (χ4n) is 2.25. The summed E-state index contributed by atoms with van der Waals surface area (Å²) in [4.78, 5) is 21.2. The van der Waals surface area contributed by atoms with E-state index in [0.29, 0.717) is 15.9 Å². The molecule has 0 saturated carbocycles. The number of carbonyl (C=O) groups excluding carboxylic acids is 1. The average molecular weight is 442 g/mol. The fraction of sp³-hybridized carbons (Fsp3) is 0.176. The predicted octanol–water partition coefficient (Wildman–Crippen LogP) is 3.13. The number of carbonyl (C=O) groups is 1. The van der Waals surface area contributed by atoms with Crippen LogP contribution in [0.15, 0.2) is 29.8 Å². The number of rotatable bonds is 6. The lowest BCUT2D eigenvalue weighted by atomic mass is 9.96. The van der Waals surface area contributed by atoms with Gasteiger partial charge in [-0.2, -0.15) is 0 Å². The molecule has 0 spiro atoms. The first kappa shape index (κ1) is 22.4. The third-order valence-electron chi connectivity index (χ3n) is 3.42. The van der Waals surface area contributed by atoms with Crippen LogP contribution in [0.1, 0.15) is 10.4 Å². The maximum Gasteiger partial charge on any atom is 0.277 e. The molecule has 0 unspecified atom stereocenters. The average Bonchev–Trinajstić information content (AvgIpc) is 3.16. The Kier molecular flexibility index (Phi) is 8.46. The Balaban J connectivity index is 0.00000136. The van der Waals surface area contributed by atoms with Crippen molar-refractivity contribution < 1.29 is 19.1 Å². The molecule has 0 bridgehead atoms. The third-order valence-corrected chi connectivity index (χ3v) is 4.51. The summed E-state index contributed by atoms with van der Waals surface area (Å²) in [5.41, 5.74) is 4.51. The van der Waals surface area contributed by atoms with Gasteiger partial charge in [0.05, 0.1) is 45.4 Å². The van der Waals surface area contributed by atoms with Gasteiger partial charge in [-0.05, 0) is 18.2 Å². The number of nitrogens with one attached hydrogen (secondary N) is 2. The molecule has 6 nitrogen and oxygen atoms in total. The maximum atomic E-state index is 15.0. The first-order chi connectivity index (χ1) is 13.5. The summed E-state index contributed by atoms with van der Waals surface area (Å²) >= 11 is 12.0. The van der Waals surface area contributed by atoms with E-state index in [1.54, 1.807) is 12.1 Å². The highest BCUT2D eigenvalue weighted by Gasteiger charge is 2.21. The first-order valence-corrected chi connectivity index (χ1v) is 9.81. The van der Waals surface area contributed by atoms with Gasteiger partial charge >= 0.3 is 0 Å². The number of nitrogens with zero attached hydrogens (tertiary/aromatic N) is 1. The van der Waals surface area contributed by atoms with Crippen LogP contribution in [-0.2, 0) is 4.84 Å². The number of hydroxylamine groups is 1. The van der Waals surface area contributed by atoms with Crippen molar-refractivity contribution in [2.24, 2.45) is 0 Å². The van der Waals surface area contributed by atoms with E-state index in [1.165, 1.54) is 35.4 Å². The number of aromatic nitrogens is 1. The number of alkyl halides is 1. The zero-order valence-electron chi connectivity index (χ0n) is 14.6. The first-order valence-electron chi connectivity index (χ1n) is 7.79. The van der Waals surface area contributed by atoms with Crippen molar-refractivity contribution in [2.75, 3.05) is 24.9 Å². The Hall–Kier alpha value is -1.91. The Morgan fingerprint density at radius 2 is 2.14 bits per heavy atom. The number of amides is 1. The summed E-state index contributed by atoms with van der Waals surface area (Å²) in [5, 5.41) is 11.8.